The van der Waals surface area contributed by atoms with Gasteiger partial charge in [-0.15, -0.1) is 0 Å². The molecule has 7 heteroatoms. The van der Waals surface area contributed by atoms with Gasteiger partial charge in [0.15, 0.2) is 0 Å². The SMILES string of the molecule is CC(C)(O)c1ccccc1CC[C@H](OS(C)(=O)=O)c1cccc(C=Cc2ccc3ccc(Cl)cc3n2)c1. The Balaban J connectivity index is 1.58. The molecule has 0 radical (unpaired) electrons. The molecule has 0 saturated carbocycles. The Bertz CT molecular complexity index is 1540. The zero-order valence-corrected chi connectivity index (χ0v) is 22.6. The molecule has 0 bridgehead atoms. The molecule has 0 aliphatic rings. The van der Waals surface area contributed by atoms with E-state index in [2.05, 4.69) is 4.98 Å². The Hall–Kier alpha value is -3.03. The monoisotopic (exact) mass is 535 g/mol. The lowest BCUT2D eigenvalue weighted by molar-refractivity contribution is 0.0773. The quantitative estimate of drug-likeness (QED) is 0.235. The zero-order chi connectivity index (χ0) is 26.6. The first-order valence-corrected chi connectivity index (χ1v) is 14.2. The van der Waals surface area contributed by atoms with Gasteiger partial charge in [0, 0.05) is 10.4 Å². The number of hydrogen-bond donors (Lipinski definition) is 1. The summed E-state index contributed by atoms with van der Waals surface area (Å²) >= 11 is 6.11. The summed E-state index contributed by atoms with van der Waals surface area (Å²) in [4.78, 5) is 4.65. The van der Waals surface area contributed by atoms with E-state index in [1.54, 1.807) is 13.8 Å². The summed E-state index contributed by atoms with van der Waals surface area (Å²) in [5.74, 6) is 0. The van der Waals surface area contributed by atoms with Crippen molar-refractivity contribution < 1.29 is 17.7 Å². The third kappa shape index (κ3) is 7.49. The Morgan fingerprint density at radius 1 is 1.00 bits per heavy atom. The van der Waals surface area contributed by atoms with Gasteiger partial charge in [-0.3, -0.25) is 4.18 Å². The van der Waals surface area contributed by atoms with Gasteiger partial charge < -0.3 is 5.11 Å². The molecular weight excluding hydrogens is 506 g/mol. The average molecular weight is 536 g/mol. The van der Waals surface area contributed by atoms with Crippen LogP contribution in [0.2, 0.25) is 5.02 Å². The van der Waals surface area contributed by atoms with Gasteiger partial charge in [0.25, 0.3) is 10.1 Å². The smallest absolute Gasteiger partial charge is 0.264 e. The minimum Gasteiger partial charge on any atom is -0.386 e. The van der Waals surface area contributed by atoms with Crippen molar-refractivity contribution in [2.45, 2.75) is 38.4 Å². The van der Waals surface area contributed by atoms with Crippen LogP contribution in [-0.2, 0) is 26.3 Å². The minimum absolute atomic E-state index is 0.431. The maximum atomic E-state index is 12.1. The van der Waals surface area contributed by atoms with E-state index in [1.807, 2.05) is 91.0 Å². The summed E-state index contributed by atoms with van der Waals surface area (Å²) in [7, 11) is -3.70. The number of aromatic nitrogens is 1. The summed E-state index contributed by atoms with van der Waals surface area (Å²) in [6.45, 7) is 3.48. The van der Waals surface area contributed by atoms with Crippen molar-refractivity contribution in [1.29, 1.82) is 0 Å². The van der Waals surface area contributed by atoms with Crippen LogP contribution < -0.4 is 0 Å². The van der Waals surface area contributed by atoms with Crippen molar-refractivity contribution in [1.82, 2.24) is 4.98 Å². The van der Waals surface area contributed by atoms with Gasteiger partial charge in [0.2, 0.25) is 0 Å². The van der Waals surface area contributed by atoms with Crippen LogP contribution in [0.5, 0.6) is 0 Å². The highest BCUT2D eigenvalue weighted by Crippen LogP contribution is 2.30. The zero-order valence-electron chi connectivity index (χ0n) is 21.1. The van der Waals surface area contributed by atoms with Crippen LogP contribution in [0.3, 0.4) is 0 Å². The highest BCUT2D eigenvalue weighted by molar-refractivity contribution is 7.86. The van der Waals surface area contributed by atoms with Gasteiger partial charge >= 0.3 is 0 Å². The summed E-state index contributed by atoms with van der Waals surface area (Å²) in [6, 6.07) is 24.8. The number of benzene rings is 3. The Kier molecular flexibility index (Phi) is 8.14. The van der Waals surface area contributed by atoms with Gasteiger partial charge in [0.05, 0.1) is 23.1 Å². The number of hydrogen-bond acceptors (Lipinski definition) is 5. The molecule has 192 valence electrons. The number of rotatable bonds is 9. The molecule has 37 heavy (non-hydrogen) atoms. The first-order chi connectivity index (χ1) is 17.5. The normalized spacial score (nSPS) is 13.3. The summed E-state index contributed by atoms with van der Waals surface area (Å²) in [5, 5.41) is 12.2. The van der Waals surface area contributed by atoms with E-state index >= 15 is 0 Å². The van der Waals surface area contributed by atoms with Crippen molar-refractivity contribution in [2.24, 2.45) is 0 Å². The second-order valence-corrected chi connectivity index (χ2v) is 11.7. The average Bonchev–Trinajstić information content (AvgIpc) is 2.84. The van der Waals surface area contributed by atoms with E-state index in [4.69, 9.17) is 15.8 Å². The number of aryl methyl sites for hydroxylation is 1. The first-order valence-electron chi connectivity index (χ1n) is 12.0. The molecule has 0 fully saturated rings. The fraction of sp³-hybridized carbons (Fsp3) is 0.233. The standard InChI is InChI=1S/C30H30ClNO4S/c1-30(2,33)27-10-5-4-8-22(27)14-18-29(36-37(3,34)35)24-9-6-7-21(19-24)11-16-26-17-13-23-12-15-25(31)20-28(23)32-26/h4-13,15-17,19-20,29,33H,14,18H2,1-3H3/t29-/m0/s1. The molecule has 1 atom stereocenters. The molecule has 1 heterocycles. The lowest BCUT2D eigenvalue weighted by atomic mass is 9.90. The molecule has 5 nitrogen and oxygen atoms in total. The molecule has 0 aliphatic heterocycles. The van der Waals surface area contributed by atoms with E-state index < -0.39 is 21.8 Å². The second-order valence-electron chi connectivity index (χ2n) is 9.62. The topological polar surface area (TPSA) is 76.5 Å². The van der Waals surface area contributed by atoms with Crippen LogP contribution in [0.25, 0.3) is 23.1 Å². The highest BCUT2D eigenvalue weighted by Gasteiger charge is 2.22. The fourth-order valence-corrected chi connectivity index (χ4v) is 5.14. The molecule has 0 amide bonds. The first kappa shape index (κ1) is 27.0. The number of nitrogens with zero attached hydrogens (tertiary/aromatic N) is 1. The molecular formula is C30H30ClNO4S. The highest BCUT2D eigenvalue weighted by atomic mass is 35.5. The predicted molar refractivity (Wildman–Crippen MR) is 151 cm³/mol. The summed E-state index contributed by atoms with van der Waals surface area (Å²) < 4.78 is 29.7. The van der Waals surface area contributed by atoms with Gasteiger partial charge in [-0.1, -0.05) is 72.3 Å². The molecule has 3 aromatic carbocycles. The molecule has 0 aliphatic carbocycles. The lowest BCUT2D eigenvalue weighted by Gasteiger charge is -2.23. The number of fused-ring (bicyclic) bond motifs is 1. The minimum atomic E-state index is -3.70. The Morgan fingerprint density at radius 3 is 2.51 bits per heavy atom. The van der Waals surface area contributed by atoms with Crippen LogP contribution in [0.1, 0.15) is 54.3 Å². The molecule has 0 spiro atoms. The number of pyridine rings is 1. The number of halogens is 1. The lowest BCUT2D eigenvalue weighted by Crippen LogP contribution is -2.18. The largest absolute Gasteiger partial charge is 0.386 e. The summed E-state index contributed by atoms with van der Waals surface area (Å²) in [5.41, 5.74) is 4.01. The predicted octanol–water partition coefficient (Wildman–Crippen LogP) is 6.94. The van der Waals surface area contributed by atoms with Crippen molar-refractivity contribution in [2.75, 3.05) is 6.26 Å². The van der Waals surface area contributed by atoms with Crippen LogP contribution >= 0.6 is 11.6 Å². The maximum absolute atomic E-state index is 12.1. The van der Waals surface area contributed by atoms with Gasteiger partial charge in [-0.25, -0.2) is 4.98 Å². The van der Waals surface area contributed by atoms with E-state index in [-0.39, 0.29) is 0 Å². The van der Waals surface area contributed by atoms with E-state index in [9.17, 15) is 13.5 Å². The van der Waals surface area contributed by atoms with Crippen molar-refractivity contribution >= 4 is 44.8 Å². The van der Waals surface area contributed by atoms with Crippen LogP contribution in [-0.4, -0.2) is 24.8 Å². The molecule has 1 aromatic heterocycles. The summed E-state index contributed by atoms with van der Waals surface area (Å²) in [6.07, 6.45) is 5.21. The molecule has 1 N–H and O–H groups in total. The van der Waals surface area contributed by atoms with Crippen molar-refractivity contribution in [3.63, 3.8) is 0 Å². The van der Waals surface area contributed by atoms with Gasteiger partial charge in [-0.05, 0) is 79.3 Å². The third-order valence-electron chi connectivity index (χ3n) is 6.05. The third-order valence-corrected chi connectivity index (χ3v) is 6.86. The number of aliphatic hydroxyl groups is 1. The molecule has 4 aromatic rings. The van der Waals surface area contributed by atoms with E-state index in [0.717, 1.165) is 45.1 Å². The van der Waals surface area contributed by atoms with Gasteiger partial charge in [-0.2, -0.15) is 8.42 Å². The van der Waals surface area contributed by atoms with E-state index in [0.29, 0.717) is 17.9 Å². The Morgan fingerprint density at radius 2 is 1.76 bits per heavy atom. The second kappa shape index (κ2) is 11.2. The molecule has 0 unspecified atom stereocenters. The van der Waals surface area contributed by atoms with Crippen LogP contribution in [0.15, 0.2) is 78.9 Å². The molecule has 0 saturated heterocycles. The fourth-order valence-electron chi connectivity index (χ4n) is 4.35. The van der Waals surface area contributed by atoms with Crippen molar-refractivity contribution in [3.05, 3.63) is 112 Å². The van der Waals surface area contributed by atoms with Crippen LogP contribution in [0, 0.1) is 0 Å². The van der Waals surface area contributed by atoms with Gasteiger partial charge in [0.1, 0.15) is 6.10 Å². The van der Waals surface area contributed by atoms with E-state index in [1.165, 1.54) is 0 Å². The molecule has 4 rings (SSSR count). The Labute approximate surface area is 223 Å². The maximum Gasteiger partial charge on any atom is 0.264 e. The van der Waals surface area contributed by atoms with Crippen LogP contribution in [0.4, 0.5) is 0 Å². The van der Waals surface area contributed by atoms with Crippen molar-refractivity contribution in [3.8, 4) is 0 Å².